The zero-order chi connectivity index (χ0) is 18.3. The zero-order valence-electron chi connectivity index (χ0n) is 13.4. The average molecular weight is 354 g/mol. The lowest BCUT2D eigenvalue weighted by atomic mass is 9.79. The largest absolute Gasteiger partial charge is 0.416 e. The fraction of sp³-hybridized carbons (Fsp3) is 0.625. The topological polar surface area (TPSA) is 29.3 Å². The Morgan fingerprint density at radius 2 is 1.54 bits per heavy atom. The molecule has 8 heteroatoms. The Balaban J connectivity index is 2.30. The van der Waals surface area contributed by atoms with Crippen molar-refractivity contribution in [2.75, 3.05) is 13.1 Å². The molecule has 0 bridgehead atoms. The van der Waals surface area contributed by atoms with Gasteiger partial charge in [-0.15, -0.1) is 0 Å². The zero-order valence-corrected chi connectivity index (χ0v) is 13.4. The van der Waals surface area contributed by atoms with Gasteiger partial charge in [0.25, 0.3) is 0 Å². The molecule has 0 amide bonds. The molecule has 1 atom stereocenters. The lowest BCUT2D eigenvalue weighted by Gasteiger charge is -2.42. The molecule has 1 heterocycles. The quantitative estimate of drug-likeness (QED) is 0.803. The molecule has 2 nitrogen and oxygen atoms in total. The summed E-state index contributed by atoms with van der Waals surface area (Å²) in [6.07, 6.45) is -8.99. The van der Waals surface area contributed by atoms with Crippen LogP contribution in [0.5, 0.6) is 0 Å². The number of hydrogen-bond donors (Lipinski definition) is 1. The third-order valence-corrected chi connectivity index (χ3v) is 4.44. The standard InChI is InChI=1S/C16H20F6N2/c1-14(2)9-24(4-3-13(14)23)8-10-5-11(15(17,18)19)7-12(6-10)16(20,21)22/h5-7,13H,3-4,8-9,23H2,1-2H3. The van der Waals surface area contributed by atoms with Crippen LogP contribution in [0, 0.1) is 5.41 Å². The summed E-state index contributed by atoms with van der Waals surface area (Å²) in [4.78, 5) is 1.85. The molecule has 0 saturated carbocycles. The summed E-state index contributed by atoms with van der Waals surface area (Å²) in [7, 11) is 0. The summed E-state index contributed by atoms with van der Waals surface area (Å²) >= 11 is 0. The van der Waals surface area contributed by atoms with Gasteiger partial charge in [0.1, 0.15) is 0 Å². The first-order chi connectivity index (χ1) is 10.8. The van der Waals surface area contributed by atoms with Crippen molar-refractivity contribution in [1.29, 1.82) is 0 Å². The van der Waals surface area contributed by atoms with Crippen LogP contribution in [-0.2, 0) is 18.9 Å². The molecule has 1 aromatic carbocycles. The minimum atomic E-state index is -4.82. The molecule has 1 unspecified atom stereocenters. The summed E-state index contributed by atoms with van der Waals surface area (Å²) in [6, 6.07) is 1.69. The van der Waals surface area contributed by atoms with Crippen LogP contribution in [0.2, 0.25) is 0 Å². The maximum atomic E-state index is 12.9. The van der Waals surface area contributed by atoms with E-state index in [1.165, 1.54) is 0 Å². The van der Waals surface area contributed by atoms with Gasteiger partial charge < -0.3 is 5.73 Å². The van der Waals surface area contributed by atoms with E-state index in [9.17, 15) is 26.3 Å². The van der Waals surface area contributed by atoms with Crippen molar-refractivity contribution in [2.24, 2.45) is 11.1 Å². The predicted octanol–water partition coefficient (Wildman–Crippen LogP) is 4.28. The molecular formula is C16H20F6N2. The molecule has 2 rings (SSSR count). The molecule has 136 valence electrons. The van der Waals surface area contributed by atoms with Crippen molar-refractivity contribution in [2.45, 2.75) is 45.2 Å². The third-order valence-electron chi connectivity index (χ3n) is 4.44. The highest BCUT2D eigenvalue weighted by Crippen LogP contribution is 2.37. The molecule has 0 aromatic heterocycles. The van der Waals surface area contributed by atoms with Crippen molar-refractivity contribution >= 4 is 0 Å². The van der Waals surface area contributed by atoms with E-state index in [-0.39, 0.29) is 29.6 Å². The summed E-state index contributed by atoms with van der Waals surface area (Å²) in [5.41, 5.74) is 3.21. The third kappa shape index (κ3) is 4.42. The van der Waals surface area contributed by atoms with Crippen molar-refractivity contribution in [3.05, 3.63) is 34.9 Å². The van der Waals surface area contributed by atoms with Crippen LogP contribution in [-0.4, -0.2) is 24.0 Å². The van der Waals surface area contributed by atoms with Crippen LogP contribution in [0.25, 0.3) is 0 Å². The Morgan fingerprint density at radius 1 is 1.04 bits per heavy atom. The number of halogens is 6. The monoisotopic (exact) mass is 354 g/mol. The van der Waals surface area contributed by atoms with Crippen molar-refractivity contribution in [3.63, 3.8) is 0 Å². The maximum Gasteiger partial charge on any atom is 0.416 e. The fourth-order valence-corrected chi connectivity index (χ4v) is 2.99. The molecule has 0 spiro atoms. The van der Waals surface area contributed by atoms with E-state index in [4.69, 9.17) is 5.73 Å². The molecule has 0 radical (unpaired) electrons. The highest BCUT2D eigenvalue weighted by molar-refractivity contribution is 5.33. The Kier molecular flexibility index (Phi) is 4.94. The SMILES string of the molecule is CC1(C)CN(Cc2cc(C(F)(F)F)cc(C(F)(F)F)c2)CCC1N. The van der Waals surface area contributed by atoms with Crippen molar-refractivity contribution in [3.8, 4) is 0 Å². The second-order valence-electron chi connectivity index (χ2n) is 7.01. The molecule has 2 N–H and O–H groups in total. The molecule has 0 aliphatic carbocycles. The molecule has 1 aliphatic rings. The molecule has 1 aliphatic heterocycles. The first-order valence-electron chi connectivity index (χ1n) is 7.55. The predicted molar refractivity (Wildman–Crippen MR) is 78.1 cm³/mol. The van der Waals surface area contributed by atoms with Crippen LogP contribution in [0.4, 0.5) is 26.3 Å². The lowest BCUT2D eigenvalue weighted by molar-refractivity contribution is -0.143. The summed E-state index contributed by atoms with van der Waals surface area (Å²) in [6.45, 7) is 4.98. The van der Waals surface area contributed by atoms with Crippen molar-refractivity contribution in [1.82, 2.24) is 4.90 Å². The van der Waals surface area contributed by atoms with E-state index >= 15 is 0 Å². The van der Waals surface area contributed by atoms with Gasteiger partial charge in [-0.2, -0.15) is 26.3 Å². The Hall–Kier alpha value is -1.28. The minimum Gasteiger partial charge on any atom is -0.327 e. The second-order valence-corrected chi connectivity index (χ2v) is 7.01. The maximum absolute atomic E-state index is 12.9. The lowest BCUT2D eigenvalue weighted by Crippen LogP contribution is -2.52. The number of likely N-dealkylation sites (tertiary alicyclic amines) is 1. The van der Waals surface area contributed by atoms with Gasteiger partial charge >= 0.3 is 12.4 Å². The van der Waals surface area contributed by atoms with Crippen LogP contribution in [0.1, 0.15) is 37.0 Å². The number of alkyl halides is 6. The van der Waals surface area contributed by atoms with E-state index in [1.54, 1.807) is 0 Å². The summed E-state index contributed by atoms with van der Waals surface area (Å²) in [5.74, 6) is 0. The van der Waals surface area contributed by atoms with Crippen molar-refractivity contribution < 1.29 is 26.3 Å². The highest BCUT2D eigenvalue weighted by Gasteiger charge is 2.38. The van der Waals surface area contributed by atoms with E-state index in [1.807, 2.05) is 18.7 Å². The van der Waals surface area contributed by atoms with Gasteiger partial charge in [-0.1, -0.05) is 13.8 Å². The Morgan fingerprint density at radius 3 is 1.96 bits per heavy atom. The number of benzene rings is 1. The van der Waals surface area contributed by atoms with Gasteiger partial charge in [-0.25, -0.2) is 0 Å². The van der Waals surface area contributed by atoms with Crippen LogP contribution in [0.15, 0.2) is 18.2 Å². The van der Waals surface area contributed by atoms with Gasteiger partial charge in [0.2, 0.25) is 0 Å². The summed E-state index contributed by atoms with van der Waals surface area (Å²) in [5, 5.41) is 0. The average Bonchev–Trinajstić information content (AvgIpc) is 2.40. The molecular weight excluding hydrogens is 334 g/mol. The van der Waals surface area contributed by atoms with Gasteiger partial charge in [0.15, 0.2) is 0 Å². The van der Waals surface area contributed by atoms with Crippen LogP contribution >= 0.6 is 0 Å². The highest BCUT2D eigenvalue weighted by atomic mass is 19.4. The van der Waals surface area contributed by atoms with Gasteiger partial charge in [0, 0.05) is 25.7 Å². The first kappa shape index (κ1) is 19.1. The van der Waals surface area contributed by atoms with E-state index in [0.717, 1.165) is 12.1 Å². The molecule has 1 saturated heterocycles. The van der Waals surface area contributed by atoms with Crippen LogP contribution < -0.4 is 5.73 Å². The summed E-state index contributed by atoms with van der Waals surface area (Å²) < 4.78 is 77.3. The van der Waals surface area contributed by atoms with Gasteiger partial charge in [0.05, 0.1) is 11.1 Å². The van der Waals surface area contributed by atoms with Gasteiger partial charge in [-0.3, -0.25) is 4.90 Å². The molecule has 1 fully saturated rings. The van der Waals surface area contributed by atoms with E-state index in [0.29, 0.717) is 19.5 Å². The first-order valence-corrected chi connectivity index (χ1v) is 7.55. The molecule has 1 aromatic rings. The Labute approximate surface area is 136 Å². The smallest absolute Gasteiger partial charge is 0.327 e. The second kappa shape index (κ2) is 6.22. The van der Waals surface area contributed by atoms with Crippen LogP contribution in [0.3, 0.4) is 0 Å². The number of nitrogens with two attached hydrogens (primary N) is 1. The number of nitrogens with zero attached hydrogens (tertiary/aromatic N) is 1. The number of piperidine rings is 1. The van der Waals surface area contributed by atoms with E-state index in [2.05, 4.69) is 0 Å². The molecule has 24 heavy (non-hydrogen) atoms. The normalized spacial score (nSPS) is 22.6. The minimum absolute atomic E-state index is 0.00317. The number of hydrogen-bond acceptors (Lipinski definition) is 2. The van der Waals surface area contributed by atoms with Gasteiger partial charge in [-0.05, 0) is 35.6 Å². The van der Waals surface area contributed by atoms with E-state index < -0.39 is 23.5 Å². The Bertz CT molecular complexity index is 559. The fourth-order valence-electron chi connectivity index (χ4n) is 2.99. The number of rotatable bonds is 2.